The molecule has 142 valence electrons. The topological polar surface area (TPSA) is 83.6 Å². The van der Waals surface area contributed by atoms with Crippen LogP contribution < -0.4 is 4.72 Å². The molecule has 7 heteroatoms. The molecule has 2 aromatic carbocycles. The average Bonchev–Trinajstić information content (AvgIpc) is 2.64. The molecule has 0 atom stereocenters. The first-order chi connectivity index (χ1) is 12.8. The Morgan fingerprint density at radius 3 is 2.19 bits per heavy atom. The SMILES string of the molecule is Cc1ccc(S(=O)(=O)Nc2ccc(C(=O)N3CCC(=O)CC3)cc2)cc1C. The zero-order valence-corrected chi connectivity index (χ0v) is 16.2. The Kier molecular flexibility index (Phi) is 5.32. The van der Waals surface area contributed by atoms with Gasteiger partial charge >= 0.3 is 0 Å². The van der Waals surface area contributed by atoms with Crippen molar-refractivity contribution in [1.82, 2.24) is 4.90 Å². The largest absolute Gasteiger partial charge is 0.338 e. The number of carbonyl (C=O) groups excluding carboxylic acids is 2. The lowest BCUT2D eigenvalue weighted by atomic mass is 10.1. The maximum atomic E-state index is 12.5. The molecule has 1 saturated heterocycles. The van der Waals surface area contributed by atoms with E-state index in [4.69, 9.17) is 0 Å². The minimum Gasteiger partial charge on any atom is -0.338 e. The molecule has 1 fully saturated rings. The summed E-state index contributed by atoms with van der Waals surface area (Å²) in [6.45, 7) is 4.65. The van der Waals surface area contributed by atoms with Gasteiger partial charge < -0.3 is 4.90 Å². The van der Waals surface area contributed by atoms with Crippen LogP contribution in [0.25, 0.3) is 0 Å². The summed E-state index contributed by atoms with van der Waals surface area (Å²) in [5.41, 5.74) is 2.78. The van der Waals surface area contributed by atoms with E-state index in [1.54, 1.807) is 47.4 Å². The summed E-state index contributed by atoms with van der Waals surface area (Å²) < 4.78 is 27.6. The number of hydrogen-bond acceptors (Lipinski definition) is 4. The van der Waals surface area contributed by atoms with E-state index in [-0.39, 0.29) is 16.6 Å². The maximum Gasteiger partial charge on any atom is 0.261 e. The van der Waals surface area contributed by atoms with Crippen molar-refractivity contribution >= 4 is 27.4 Å². The van der Waals surface area contributed by atoms with E-state index in [0.717, 1.165) is 11.1 Å². The van der Waals surface area contributed by atoms with Crippen LogP contribution in [0.15, 0.2) is 47.4 Å². The number of Topliss-reactive ketones (excluding diaryl/α,β-unsaturated/α-hetero) is 1. The van der Waals surface area contributed by atoms with Crippen molar-refractivity contribution in [3.8, 4) is 0 Å². The Labute approximate surface area is 159 Å². The summed E-state index contributed by atoms with van der Waals surface area (Å²) in [4.78, 5) is 25.6. The number of carbonyl (C=O) groups is 2. The van der Waals surface area contributed by atoms with E-state index < -0.39 is 10.0 Å². The molecule has 27 heavy (non-hydrogen) atoms. The smallest absolute Gasteiger partial charge is 0.261 e. The highest BCUT2D eigenvalue weighted by molar-refractivity contribution is 7.92. The Balaban J connectivity index is 1.72. The summed E-state index contributed by atoms with van der Waals surface area (Å²) in [5.74, 6) is 0.0289. The molecular formula is C20H22N2O4S. The molecule has 3 rings (SSSR count). The Morgan fingerprint density at radius 2 is 1.59 bits per heavy atom. The number of nitrogens with one attached hydrogen (secondary N) is 1. The summed E-state index contributed by atoms with van der Waals surface area (Å²) in [7, 11) is -3.70. The number of likely N-dealkylation sites (tertiary alicyclic amines) is 1. The van der Waals surface area contributed by atoms with Gasteiger partial charge in [-0.1, -0.05) is 6.07 Å². The van der Waals surface area contributed by atoms with Crippen LogP contribution in [0.1, 0.15) is 34.3 Å². The fraction of sp³-hybridized carbons (Fsp3) is 0.300. The van der Waals surface area contributed by atoms with Gasteiger partial charge in [0.05, 0.1) is 4.90 Å². The highest BCUT2D eigenvalue weighted by Crippen LogP contribution is 2.20. The van der Waals surface area contributed by atoms with Gasteiger partial charge in [0.1, 0.15) is 5.78 Å². The lowest BCUT2D eigenvalue weighted by molar-refractivity contribution is -0.120. The molecule has 0 aromatic heterocycles. The third-order valence-electron chi connectivity index (χ3n) is 4.78. The molecule has 0 bridgehead atoms. The molecule has 0 radical (unpaired) electrons. The van der Waals surface area contributed by atoms with E-state index in [0.29, 0.717) is 37.2 Å². The van der Waals surface area contributed by atoms with E-state index in [1.165, 1.54) is 0 Å². The van der Waals surface area contributed by atoms with Crippen LogP contribution in [-0.2, 0) is 14.8 Å². The first-order valence-corrected chi connectivity index (χ1v) is 10.3. The van der Waals surface area contributed by atoms with Crippen LogP contribution in [0.3, 0.4) is 0 Å². The van der Waals surface area contributed by atoms with Gasteiger partial charge in [-0.05, 0) is 61.4 Å². The van der Waals surface area contributed by atoms with Gasteiger partial charge in [-0.25, -0.2) is 8.42 Å². The average molecular weight is 386 g/mol. The second-order valence-electron chi connectivity index (χ2n) is 6.76. The number of sulfonamides is 1. The molecule has 1 aliphatic rings. The maximum absolute atomic E-state index is 12.5. The summed E-state index contributed by atoms with van der Waals surface area (Å²) in [6, 6.07) is 11.3. The van der Waals surface area contributed by atoms with Crippen LogP contribution >= 0.6 is 0 Å². The van der Waals surface area contributed by atoms with Crippen molar-refractivity contribution < 1.29 is 18.0 Å². The molecule has 0 saturated carbocycles. The van der Waals surface area contributed by atoms with Crippen molar-refractivity contribution in [2.45, 2.75) is 31.6 Å². The van der Waals surface area contributed by atoms with E-state index in [2.05, 4.69) is 4.72 Å². The van der Waals surface area contributed by atoms with Crippen molar-refractivity contribution in [2.24, 2.45) is 0 Å². The van der Waals surface area contributed by atoms with Crippen LogP contribution in [-0.4, -0.2) is 38.1 Å². The fourth-order valence-electron chi connectivity index (χ4n) is 2.92. The molecule has 0 spiro atoms. The number of piperidine rings is 1. The van der Waals surface area contributed by atoms with Crippen LogP contribution in [0.5, 0.6) is 0 Å². The monoisotopic (exact) mass is 386 g/mol. The van der Waals surface area contributed by atoms with E-state index >= 15 is 0 Å². The molecule has 1 amide bonds. The minimum absolute atomic E-state index is 0.147. The van der Waals surface area contributed by atoms with Crippen LogP contribution in [0.2, 0.25) is 0 Å². The number of amides is 1. The third kappa shape index (κ3) is 4.36. The normalized spacial score (nSPS) is 14.9. The molecule has 1 heterocycles. The van der Waals surface area contributed by atoms with Crippen LogP contribution in [0.4, 0.5) is 5.69 Å². The Morgan fingerprint density at radius 1 is 0.963 bits per heavy atom. The molecule has 0 unspecified atom stereocenters. The number of anilines is 1. The molecule has 6 nitrogen and oxygen atoms in total. The third-order valence-corrected chi connectivity index (χ3v) is 6.16. The lowest BCUT2D eigenvalue weighted by Gasteiger charge is -2.26. The van der Waals surface area contributed by atoms with E-state index in [9.17, 15) is 18.0 Å². The predicted octanol–water partition coefficient (Wildman–Crippen LogP) is 2.91. The van der Waals surface area contributed by atoms with Crippen molar-refractivity contribution in [3.63, 3.8) is 0 Å². The molecule has 0 aliphatic carbocycles. The molecular weight excluding hydrogens is 364 g/mol. The summed E-state index contributed by atoms with van der Waals surface area (Å²) >= 11 is 0. The van der Waals surface area contributed by atoms with Gasteiger partial charge in [-0.2, -0.15) is 0 Å². The van der Waals surface area contributed by atoms with Gasteiger partial charge in [0.15, 0.2) is 0 Å². The second-order valence-corrected chi connectivity index (χ2v) is 8.44. The van der Waals surface area contributed by atoms with Crippen LogP contribution in [0, 0.1) is 13.8 Å². The van der Waals surface area contributed by atoms with Gasteiger partial charge in [0, 0.05) is 37.2 Å². The molecule has 1 N–H and O–H groups in total. The van der Waals surface area contributed by atoms with Crippen molar-refractivity contribution in [2.75, 3.05) is 17.8 Å². The highest BCUT2D eigenvalue weighted by Gasteiger charge is 2.22. The lowest BCUT2D eigenvalue weighted by Crippen LogP contribution is -2.38. The van der Waals surface area contributed by atoms with Gasteiger partial charge in [-0.3, -0.25) is 14.3 Å². The molecule has 1 aliphatic heterocycles. The zero-order valence-electron chi connectivity index (χ0n) is 15.4. The van der Waals surface area contributed by atoms with E-state index in [1.807, 2.05) is 13.8 Å². The van der Waals surface area contributed by atoms with Gasteiger partial charge in [-0.15, -0.1) is 0 Å². The first-order valence-electron chi connectivity index (χ1n) is 8.77. The number of ketones is 1. The van der Waals surface area contributed by atoms with Gasteiger partial charge in [0.2, 0.25) is 0 Å². The molecule has 2 aromatic rings. The first kappa shape index (κ1) is 19.1. The Hall–Kier alpha value is -2.67. The summed E-state index contributed by atoms with van der Waals surface area (Å²) in [5, 5.41) is 0. The number of benzene rings is 2. The minimum atomic E-state index is -3.70. The Bertz CT molecular complexity index is 972. The number of rotatable bonds is 4. The predicted molar refractivity (Wildman–Crippen MR) is 103 cm³/mol. The zero-order chi connectivity index (χ0) is 19.6. The fourth-order valence-corrected chi connectivity index (χ4v) is 4.06. The quantitative estimate of drug-likeness (QED) is 0.876. The van der Waals surface area contributed by atoms with Crippen molar-refractivity contribution in [1.29, 1.82) is 0 Å². The highest BCUT2D eigenvalue weighted by atomic mass is 32.2. The number of hydrogen-bond donors (Lipinski definition) is 1. The standard InChI is InChI=1S/C20H22N2O4S/c1-14-3-8-19(13-15(14)2)27(25,26)21-17-6-4-16(5-7-17)20(24)22-11-9-18(23)10-12-22/h3-8,13,21H,9-12H2,1-2H3. The number of nitrogens with zero attached hydrogens (tertiary/aromatic N) is 1. The number of aryl methyl sites for hydroxylation is 2. The van der Waals surface area contributed by atoms with Crippen molar-refractivity contribution in [3.05, 3.63) is 59.2 Å². The summed E-state index contributed by atoms with van der Waals surface area (Å²) in [6.07, 6.45) is 0.777. The van der Waals surface area contributed by atoms with Gasteiger partial charge in [0.25, 0.3) is 15.9 Å². The second kappa shape index (κ2) is 7.52.